The fourth-order valence-corrected chi connectivity index (χ4v) is 4.88. The standard InChI is InChI=1S/C28H45NO6/c1-8-9-12-24-20(2)34-26(30)25(29(19-32-6)27(31)35-28(3,4)5)13-10-11-22(24)18-21-14-16-23(33-7)17-15-21/h14-17,20,22,24-25H,8-13,18-19H2,1-7H3/t20-,22+,24-,25-/m0/s1. The molecule has 4 atom stereocenters. The van der Waals surface area contributed by atoms with Crippen molar-refractivity contribution in [3.05, 3.63) is 29.8 Å². The van der Waals surface area contributed by atoms with E-state index in [1.807, 2.05) is 39.8 Å². The molecule has 1 saturated heterocycles. The summed E-state index contributed by atoms with van der Waals surface area (Å²) >= 11 is 0. The van der Waals surface area contributed by atoms with Crippen molar-refractivity contribution in [2.45, 2.75) is 97.3 Å². The number of benzene rings is 1. The van der Waals surface area contributed by atoms with Crippen LogP contribution in [0.25, 0.3) is 0 Å². The molecule has 1 heterocycles. The monoisotopic (exact) mass is 491 g/mol. The molecule has 198 valence electrons. The first-order valence-electron chi connectivity index (χ1n) is 12.9. The molecule has 0 unspecified atom stereocenters. The molecule has 0 N–H and O–H groups in total. The summed E-state index contributed by atoms with van der Waals surface area (Å²) in [6.07, 6.45) is 5.55. The van der Waals surface area contributed by atoms with Crippen LogP contribution in [-0.2, 0) is 25.4 Å². The van der Waals surface area contributed by atoms with Gasteiger partial charge in [0.15, 0.2) is 0 Å². The third-order valence-electron chi connectivity index (χ3n) is 6.66. The maximum Gasteiger partial charge on any atom is 0.412 e. The lowest BCUT2D eigenvalue weighted by Crippen LogP contribution is -2.49. The Kier molecular flexibility index (Phi) is 11.3. The zero-order valence-corrected chi connectivity index (χ0v) is 22.7. The van der Waals surface area contributed by atoms with Crippen LogP contribution in [0.2, 0.25) is 0 Å². The van der Waals surface area contributed by atoms with E-state index in [1.54, 1.807) is 7.11 Å². The van der Waals surface area contributed by atoms with Gasteiger partial charge in [0.1, 0.15) is 30.2 Å². The lowest BCUT2D eigenvalue weighted by molar-refractivity contribution is -0.159. The Labute approximate surface area is 211 Å². The molecule has 1 amide bonds. The molecule has 0 saturated carbocycles. The summed E-state index contributed by atoms with van der Waals surface area (Å²) in [5.41, 5.74) is 0.578. The third kappa shape index (κ3) is 9.02. The molecule has 0 spiro atoms. The largest absolute Gasteiger partial charge is 0.497 e. The Morgan fingerprint density at radius 2 is 1.83 bits per heavy atom. The fourth-order valence-electron chi connectivity index (χ4n) is 4.88. The van der Waals surface area contributed by atoms with E-state index in [1.165, 1.54) is 17.6 Å². The number of methoxy groups -OCH3 is 2. The van der Waals surface area contributed by atoms with Crippen molar-refractivity contribution in [2.75, 3.05) is 21.0 Å². The molecule has 35 heavy (non-hydrogen) atoms. The number of carbonyl (C=O) groups excluding carboxylic acids is 2. The predicted molar refractivity (Wildman–Crippen MR) is 136 cm³/mol. The van der Waals surface area contributed by atoms with E-state index in [-0.39, 0.29) is 24.7 Å². The Bertz CT molecular complexity index is 788. The quantitative estimate of drug-likeness (QED) is 0.312. The summed E-state index contributed by atoms with van der Waals surface area (Å²) in [7, 11) is 3.18. The number of hydrogen-bond acceptors (Lipinski definition) is 6. The van der Waals surface area contributed by atoms with Gasteiger partial charge in [0.2, 0.25) is 0 Å². The number of ether oxygens (including phenoxy) is 4. The Morgan fingerprint density at radius 1 is 1.14 bits per heavy atom. The highest BCUT2D eigenvalue weighted by molar-refractivity contribution is 5.81. The molecule has 7 nitrogen and oxygen atoms in total. The second-order valence-corrected chi connectivity index (χ2v) is 10.6. The molecule has 1 aliphatic rings. The van der Waals surface area contributed by atoms with Crippen molar-refractivity contribution in [3.63, 3.8) is 0 Å². The molecule has 1 aromatic rings. The molecule has 1 aliphatic heterocycles. The summed E-state index contributed by atoms with van der Waals surface area (Å²) < 4.78 is 22.2. The molecule has 1 aromatic carbocycles. The number of amides is 1. The average Bonchev–Trinajstić information content (AvgIpc) is 2.84. The average molecular weight is 492 g/mol. The van der Waals surface area contributed by atoms with Gasteiger partial charge in [-0.1, -0.05) is 38.3 Å². The topological polar surface area (TPSA) is 74.3 Å². The fraction of sp³-hybridized carbons (Fsp3) is 0.714. The van der Waals surface area contributed by atoms with Gasteiger partial charge in [-0.15, -0.1) is 0 Å². The van der Waals surface area contributed by atoms with Gasteiger partial charge in [0, 0.05) is 7.11 Å². The van der Waals surface area contributed by atoms with Crippen molar-refractivity contribution in [1.82, 2.24) is 4.90 Å². The van der Waals surface area contributed by atoms with Crippen LogP contribution in [0.5, 0.6) is 5.75 Å². The zero-order valence-electron chi connectivity index (χ0n) is 22.7. The normalized spacial score (nSPS) is 23.5. The van der Waals surface area contributed by atoms with E-state index in [0.717, 1.165) is 44.3 Å². The van der Waals surface area contributed by atoms with Crippen molar-refractivity contribution in [3.8, 4) is 5.75 Å². The summed E-state index contributed by atoms with van der Waals surface area (Å²) in [5, 5.41) is 0. The van der Waals surface area contributed by atoms with Gasteiger partial charge in [0.25, 0.3) is 0 Å². The minimum atomic E-state index is -0.737. The summed E-state index contributed by atoms with van der Waals surface area (Å²) in [6.45, 7) is 9.57. The number of carbonyl (C=O) groups is 2. The SMILES string of the molecule is CCCC[C@@H]1[C@@H](Cc2ccc(OC)cc2)CCC[C@H](N(COC)C(=O)OC(C)(C)C)C(=O)O[C@H]1C. The number of unbranched alkanes of at least 4 members (excludes halogenated alkanes) is 1. The Hall–Kier alpha value is -2.28. The first-order valence-corrected chi connectivity index (χ1v) is 12.9. The van der Waals surface area contributed by atoms with Crippen molar-refractivity contribution in [1.29, 1.82) is 0 Å². The second kappa shape index (κ2) is 13.7. The van der Waals surface area contributed by atoms with Gasteiger partial charge in [-0.3, -0.25) is 4.90 Å². The first kappa shape index (κ1) is 29.0. The van der Waals surface area contributed by atoms with Crippen LogP contribution in [0.3, 0.4) is 0 Å². The number of rotatable bonds is 9. The van der Waals surface area contributed by atoms with Gasteiger partial charge >= 0.3 is 12.1 Å². The van der Waals surface area contributed by atoms with E-state index >= 15 is 0 Å². The number of nitrogens with zero attached hydrogens (tertiary/aromatic N) is 1. The third-order valence-corrected chi connectivity index (χ3v) is 6.66. The van der Waals surface area contributed by atoms with Crippen LogP contribution in [0.1, 0.15) is 78.7 Å². The molecular formula is C28H45NO6. The van der Waals surface area contributed by atoms with Crippen LogP contribution >= 0.6 is 0 Å². The minimum absolute atomic E-state index is 0.0302. The molecule has 0 bridgehead atoms. The highest BCUT2D eigenvalue weighted by atomic mass is 16.6. The summed E-state index contributed by atoms with van der Waals surface area (Å²) in [5.74, 6) is 1.08. The lowest BCUT2D eigenvalue weighted by Gasteiger charge is -2.33. The number of hydrogen-bond donors (Lipinski definition) is 0. The maximum absolute atomic E-state index is 13.3. The van der Waals surface area contributed by atoms with E-state index in [4.69, 9.17) is 18.9 Å². The van der Waals surface area contributed by atoms with E-state index in [0.29, 0.717) is 12.3 Å². The van der Waals surface area contributed by atoms with Gasteiger partial charge in [-0.25, -0.2) is 9.59 Å². The lowest BCUT2D eigenvalue weighted by atomic mass is 9.78. The second-order valence-electron chi connectivity index (χ2n) is 10.6. The Balaban J connectivity index is 2.27. The van der Waals surface area contributed by atoms with Crippen LogP contribution in [0, 0.1) is 11.8 Å². The van der Waals surface area contributed by atoms with Gasteiger partial charge < -0.3 is 18.9 Å². The van der Waals surface area contributed by atoms with E-state index in [9.17, 15) is 9.59 Å². The highest BCUT2D eigenvalue weighted by Crippen LogP contribution is 2.34. The van der Waals surface area contributed by atoms with E-state index < -0.39 is 17.7 Å². The van der Waals surface area contributed by atoms with Crippen LogP contribution < -0.4 is 4.74 Å². The van der Waals surface area contributed by atoms with Crippen molar-refractivity contribution >= 4 is 12.1 Å². The first-order chi connectivity index (χ1) is 16.6. The smallest absolute Gasteiger partial charge is 0.412 e. The Morgan fingerprint density at radius 3 is 2.40 bits per heavy atom. The minimum Gasteiger partial charge on any atom is -0.497 e. The van der Waals surface area contributed by atoms with E-state index in [2.05, 4.69) is 19.1 Å². The molecule has 7 heteroatoms. The van der Waals surface area contributed by atoms with Gasteiger partial charge in [-0.05, 0) is 82.9 Å². The number of cyclic esters (lactones) is 1. The van der Waals surface area contributed by atoms with Crippen LogP contribution in [-0.4, -0.2) is 55.7 Å². The van der Waals surface area contributed by atoms with Crippen LogP contribution in [0.15, 0.2) is 24.3 Å². The zero-order chi connectivity index (χ0) is 26.0. The molecule has 0 radical (unpaired) electrons. The maximum atomic E-state index is 13.3. The van der Waals surface area contributed by atoms with Crippen LogP contribution in [0.4, 0.5) is 4.79 Å². The molecular weight excluding hydrogens is 446 g/mol. The summed E-state index contributed by atoms with van der Waals surface area (Å²) in [6, 6.07) is 7.48. The van der Waals surface area contributed by atoms with Gasteiger partial charge in [0.05, 0.1) is 7.11 Å². The van der Waals surface area contributed by atoms with Gasteiger partial charge in [-0.2, -0.15) is 0 Å². The van der Waals surface area contributed by atoms with Crippen molar-refractivity contribution < 1.29 is 28.5 Å². The molecule has 1 fully saturated rings. The summed E-state index contributed by atoms with van der Waals surface area (Å²) in [4.78, 5) is 27.6. The predicted octanol–water partition coefficient (Wildman–Crippen LogP) is 5.99. The molecule has 0 aliphatic carbocycles. The van der Waals surface area contributed by atoms with Crippen molar-refractivity contribution in [2.24, 2.45) is 11.8 Å². The molecule has 2 rings (SSSR count). The number of esters is 1. The highest BCUT2D eigenvalue weighted by Gasteiger charge is 2.38. The molecule has 0 aromatic heterocycles.